The van der Waals surface area contributed by atoms with E-state index >= 15 is 0 Å². The standard InChI is InChI=1S/C22H20N4O2S/c1-16(21(27)23-15-17-9-4-2-5-10-17)29-22-25-24-20(19-13-8-14-28-19)26(22)18-11-6-3-7-12-18/h2-14,16H,15H2,1H3,(H,23,27). The second kappa shape index (κ2) is 8.79. The number of benzene rings is 2. The predicted octanol–water partition coefficient (Wildman–Crippen LogP) is 4.32. The maximum atomic E-state index is 12.6. The van der Waals surface area contributed by atoms with Crippen molar-refractivity contribution in [3.63, 3.8) is 0 Å². The lowest BCUT2D eigenvalue weighted by Crippen LogP contribution is -2.30. The Bertz CT molecular complexity index is 1060. The molecule has 0 aliphatic heterocycles. The molecule has 0 fully saturated rings. The van der Waals surface area contributed by atoms with Gasteiger partial charge in [-0.25, -0.2) is 0 Å². The van der Waals surface area contributed by atoms with Gasteiger partial charge < -0.3 is 9.73 Å². The van der Waals surface area contributed by atoms with Gasteiger partial charge in [0.15, 0.2) is 10.9 Å². The molecule has 0 spiro atoms. The lowest BCUT2D eigenvalue weighted by atomic mass is 10.2. The summed E-state index contributed by atoms with van der Waals surface area (Å²) < 4.78 is 7.43. The predicted molar refractivity (Wildman–Crippen MR) is 113 cm³/mol. The Hall–Kier alpha value is -3.32. The highest BCUT2D eigenvalue weighted by atomic mass is 32.2. The molecule has 29 heavy (non-hydrogen) atoms. The number of hydrogen-bond donors (Lipinski definition) is 1. The number of nitrogens with one attached hydrogen (secondary N) is 1. The van der Waals surface area contributed by atoms with Crippen LogP contribution < -0.4 is 5.32 Å². The first-order valence-electron chi connectivity index (χ1n) is 9.25. The number of carbonyl (C=O) groups excluding carboxylic acids is 1. The summed E-state index contributed by atoms with van der Waals surface area (Å²) in [7, 11) is 0. The highest BCUT2D eigenvalue weighted by Gasteiger charge is 2.22. The Morgan fingerprint density at radius 1 is 1.03 bits per heavy atom. The third-order valence-corrected chi connectivity index (χ3v) is 5.39. The van der Waals surface area contributed by atoms with Crippen LogP contribution in [0.25, 0.3) is 17.3 Å². The molecule has 2 heterocycles. The molecule has 0 radical (unpaired) electrons. The van der Waals surface area contributed by atoms with Crippen LogP contribution in [0.3, 0.4) is 0 Å². The van der Waals surface area contributed by atoms with Gasteiger partial charge in [0.05, 0.1) is 11.5 Å². The summed E-state index contributed by atoms with van der Waals surface area (Å²) in [5.74, 6) is 1.16. The van der Waals surface area contributed by atoms with Gasteiger partial charge in [-0.3, -0.25) is 9.36 Å². The first kappa shape index (κ1) is 19.0. The number of rotatable bonds is 7. The van der Waals surface area contributed by atoms with E-state index in [0.29, 0.717) is 23.3 Å². The molecule has 0 aliphatic carbocycles. The first-order chi connectivity index (χ1) is 14.2. The third-order valence-electron chi connectivity index (χ3n) is 4.35. The summed E-state index contributed by atoms with van der Waals surface area (Å²) in [5, 5.41) is 11.9. The zero-order valence-electron chi connectivity index (χ0n) is 15.9. The van der Waals surface area contributed by atoms with Crippen molar-refractivity contribution in [3.05, 3.63) is 84.6 Å². The minimum atomic E-state index is -0.338. The SMILES string of the molecule is CC(Sc1nnc(-c2ccco2)n1-c1ccccc1)C(=O)NCc1ccccc1. The average molecular weight is 404 g/mol. The van der Waals surface area contributed by atoms with Gasteiger partial charge in [0.25, 0.3) is 0 Å². The minimum absolute atomic E-state index is 0.0546. The van der Waals surface area contributed by atoms with E-state index in [2.05, 4.69) is 15.5 Å². The molecule has 2 aromatic heterocycles. The Morgan fingerprint density at radius 3 is 2.45 bits per heavy atom. The van der Waals surface area contributed by atoms with E-state index in [1.54, 1.807) is 6.26 Å². The highest BCUT2D eigenvalue weighted by Crippen LogP contribution is 2.30. The van der Waals surface area contributed by atoms with Gasteiger partial charge in [-0.15, -0.1) is 10.2 Å². The second-order valence-electron chi connectivity index (χ2n) is 6.42. The number of nitrogens with zero attached hydrogens (tertiary/aromatic N) is 3. The summed E-state index contributed by atoms with van der Waals surface area (Å²) >= 11 is 1.36. The largest absolute Gasteiger partial charge is 0.461 e. The molecule has 0 saturated heterocycles. The number of furan rings is 1. The van der Waals surface area contributed by atoms with Gasteiger partial charge in [0.1, 0.15) is 0 Å². The fourth-order valence-electron chi connectivity index (χ4n) is 2.86. The molecule has 4 rings (SSSR count). The van der Waals surface area contributed by atoms with Crippen LogP contribution in [0.2, 0.25) is 0 Å². The van der Waals surface area contributed by atoms with Crippen molar-refractivity contribution in [2.24, 2.45) is 0 Å². The van der Waals surface area contributed by atoms with Crippen molar-refractivity contribution in [2.75, 3.05) is 0 Å². The molecule has 6 nitrogen and oxygen atoms in total. The summed E-state index contributed by atoms with van der Waals surface area (Å²) in [6.45, 7) is 2.36. The third kappa shape index (κ3) is 4.41. The van der Waals surface area contributed by atoms with Crippen LogP contribution >= 0.6 is 11.8 Å². The van der Waals surface area contributed by atoms with Crippen LogP contribution in [0.15, 0.2) is 88.6 Å². The summed E-state index contributed by atoms with van der Waals surface area (Å²) in [4.78, 5) is 12.6. The average Bonchev–Trinajstić information content (AvgIpc) is 3.43. The fraction of sp³-hybridized carbons (Fsp3) is 0.136. The molecule has 1 amide bonds. The summed E-state index contributed by atoms with van der Waals surface area (Å²) in [5.41, 5.74) is 1.97. The van der Waals surface area contributed by atoms with Crippen LogP contribution in [0.4, 0.5) is 0 Å². The number of para-hydroxylation sites is 1. The second-order valence-corrected chi connectivity index (χ2v) is 7.73. The molecule has 1 N–H and O–H groups in total. The van der Waals surface area contributed by atoms with E-state index in [9.17, 15) is 4.79 Å². The molecule has 146 valence electrons. The normalized spacial score (nSPS) is 11.9. The van der Waals surface area contributed by atoms with E-state index < -0.39 is 0 Å². The fourth-order valence-corrected chi connectivity index (χ4v) is 3.75. The van der Waals surface area contributed by atoms with Crippen LogP contribution in [0.5, 0.6) is 0 Å². The lowest BCUT2D eigenvalue weighted by molar-refractivity contribution is -0.120. The number of amides is 1. The molecule has 2 aromatic carbocycles. The number of aromatic nitrogens is 3. The van der Waals surface area contributed by atoms with Crippen molar-refractivity contribution in [3.8, 4) is 17.3 Å². The van der Waals surface area contributed by atoms with E-state index in [1.165, 1.54) is 11.8 Å². The van der Waals surface area contributed by atoms with E-state index in [-0.39, 0.29) is 11.2 Å². The number of hydrogen-bond acceptors (Lipinski definition) is 5. The topological polar surface area (TPSA) is 73.0 Å². The highest BCUT2D eigenvalue weighted by molar-refractivity contribution is 8.00. The Balaban J connectivity index is 1.54. The zero-order chi connectivity index (χ0) is 20.1. The Labute approximate surface area is 173 Å². The zero-order valence-corrected chi connectivity index (χ0v) is 16.7. The maximum absolute atomic E-state index is 12.6. The van der Waals surface area contributed by atoms with Crippen LogP contribution in [-0.2, 0) is 11.3 Å². The molecule has 0 aliphatic rings. The van der Waals surface area contributed by atoms with Gasteiger partial charge in [-0.2, -0.15) is 0 Å². The first-order valence-corrected chi connectivity index (χ1v) is 10.1. The van der Waals surface area contributed by atoms with E-state index in [1.807, 2.05) is 84.3 Å². The quantitative estimate of drug-likeness (QED) is 0.464. The van der Waals surface area contributed by atoms with Crippen molar-refractivity contribution >= 4 is 17.7 Å². The Morgan fingerprint density at radius 2 is 1.76 bits per heavy atom. The lowest BCUT2D eigenvalue weighted by Gasteiger charge is -2.13. The molecule has 0 saturated carbocycles. The van der Waals surface area contributed by atoms with Gasteiger partial charge in [0.2, 0.25) is 11.7 Å². The molecular weight excluding hydrogens is 384 g/mol. The van der Waals surface area contributed by atoms with E-state index in [0.717, 1.165) is 11.3 Å². The van der Waals surface area contributed by atoms with Gasteiger partial charge >= 0.3 is 0 Å². The Kier molecular flexibility index (Phi) is 5.76. The minimum Gasteiger partial charge on any atom is -0.461 e. The molecular formula is C22H20N4O2S. The maximum Gasteiger partial charge on any atom is 0.233 e. The molecule has 7 heteroatoms. The van der Waals surface area contributed by atoms with Gasteiger partial charge in [-0.1, -0.05) is 60.3 Å². The molecule has 4 aromatic rings. The van der Waals surface area contributed by atoms with Gasteiger partial charge in [0, 0.05) is 12.2 Å². The van der Waals surface area contributed by atoms with Crippen LogP contribution in [-0.4, -0.2) is 25.9 Å². The van der Waals surface area contributed by atoms with Crippen LogP contribution in [0.1, 0.15) is 12.5 Å². The smallest absolute Gasteiger partial charge is 0.233 e. The number of carbonyl (C=O) groups is 1. The summed E-state index contributed by atoms with van der Waals surface area (Å²) in [6.07, 6.45) is 1.60. The van der Waals surface area contributed by atoms with E-state index in [4.69, 9.17) is 4.42 Å². The number of thioether (sulfide) groups is 1. The van der Waals surface area contributed by atoms with Crippen molar-refractivity contribution < 1.29 is 9.21 Å². The molecule has 1 atom stereocenters. The monoisotopic (exact) mass is 404 g/mol. The van der Waals surface area contributed by atoms with Crippen molar-refractivity contribution in [1.82, 2.24) is 20.1 Å². The van der Waals surface area contributed by atoms with Crippen molar-refractivity contribution in [1.29, 1.82) is 0 Å². The summed E-state index contributed by atoms with van der Waals surface area (Å²) in [6, 6.07) is 23.3. The van der Waals surface area contributed by atoms with Crippen molar-refractivity contribution in [2.45, 2.75) is 23.9 Å². The van der Waals surface area contributed by atoms with Gasteiger partial charge in [-0.05, 0) is 36.8 Å². The van der Waals surface area contributed by atoms with Crippen LogP contribution in [0, 0.1) is 0 Å². The molecule has 0 bridgehead atoms. The molecule has 1 unspecified atom stereocenters.